The van der Waals surface area contributed by atoms with Crippen molar-refractivity contribution in [1.29, 1.82) is 0 Å². The molecule has 0 atom stereocenters. The lowest BCUT2D eigenvalue weighted by Gasteiger charge is -2.09. The van der Waals surface area contributed by atoms with Crippen molar-refractivity contribution >= 4 is 82.3 Å². The first-order valence-corrected chi connectivity index (χ1v) is 11.4. The van der Waals surface area contributed by atoms with E-state index in [0.29, 0.717) is 0 Å². The molecule has 0 saturated carbocycles. The fraction of sp³-hybridized carbons (Fsp3) is 0.400. The Hall–Kier alpha value is 1.14. The third kappa shape index (κ3) is 2.64. The molecule has 0 aliphatic carbocycles. The SMILES string of the molecule is CCCC1SC2=C(SC(=C3Sc4nsnc4S3)S2)S1. The van der Waals surface area contributed by atoms with Crippen molar-refractivity contribution in [1.82, 2.24) is 8.75 Å². The molecule has 0 spiro atoms. The largest absolute Gasteiger partial charge is 0.165 e. The zero-order chi connectivity index (χ0) is 12.8. The van der Waals surface area contributed by atoms with Gasteiger partial charge in [0, 0.05) is 0 Å². The summed E-state index contributed by atoms with van der Waals surface area (Å²) in [6, 6.07) is 0. The van der Waals surface area contributed by atoms with E-state index in [2.05, 4.69) is 39.2 Å². The minimum Gasteiger partial charge on any atom is -0.165 e. The normalized spacial score (nSPS) is 22.6. The first-order valence-electron chi connectivity index (χ1n) is 5.69. The highest BCUT2D eigenvalue weighted by Crippen LogP contribution is 2.68. The summed E-state index contributed by atoms with van der Waals surface area (Å²) in [4.78, 5) is 0. The molecule has 2 nitrogen and oxygen atoms in total. The molecular formula is C10H8N2S7. The van der Waals surface area contributed by atoms with Crippen LogP contribution in [0.25, 0.3) is 0 Å². The summed E-state index contributed by atoms with van der Waals surface area (Å²) in [5, 5.41) is 2.19. The fourth-order valence-electron chi connectivity index (χ4n) is 1.69. The van der Waals surface area contributed by atoms with E-state index in [1.54, 1.807) is 23.5 Å². The number of fused-ring (bicyclic) bond motifs is 1. The Kier molecular flexibility index (Phi) is 4.16. The van der Waals surface area contributed by atoms with Crippen LogP contribution in [0.2, 0.25) is 0 Å². The number of hydrogen-bond donors (Lipinski definition) is 0. The maximum Gasteiger partial charge on any atom is 0.150 e. The summed E-state index contributed by atoms with van der Waals surface area (Å²) >= 11 is 12.9. The molecule has 0 saturated heterocycles. The minimum absolute atomic E-state index is 0.745. The molecular weight excluding hydrogens is 373 g/mol. The second-order valence-electron chi connectivity index (χ2n) is 3.89. The van der Waals surface area contributed by atoms with Crippen molar-refractivity contribution in [2.45, 2.75) is 34.4 Å². The third-order valence-electron chi connectivity index (χ3n) is 2.51. The number of thioether (sulfide) groups is 6. The molecule has 3 aliphatic rings. The Morgan fingerprint density at radius 3 is 2.00 bits per heavy atom. The summed E-state index contributed by atoms with van der Waals surface area (Å²) in [6.45, 7) is 2.27. The van der Waals surface area contributed by atoms with Crippen molar-refractivity contribution in [3.8, 4) is 0 Å². The standard InChI is InChI=1S/C10H8N2S7/c1-2-3-4-13-7-8(14-4)18-10(17-7)9-15-5-6(16-9)12-19-11-5/h4H,2-3H2,1H3. The highest BCUT2D eigenvalue weighted by atomic mass is 32.3. The van der Waals surface area contributed by atoms with Gasteiger partial charge in [0.25, 0.3) is 0 Å². The molecule has 1 aromatic heterocycles. The van der Waals surface area contributed by atoms with Gasteiger partial charge in [0.2, 0.25) is 0 Å². The van der Waals surface area contributed by atoms with Gasteiger partial charge >= 0.3 is 0 Å². The van der Waals surface area contributed by atoms with Gasteiger partial charge in [-0.3, -0.25) is 0 Å². The van der Waals surface area contributed by atoms with E-state index in [-0.39, 0.29) is 0 Å². The lowest BCUT2D eigenvalue weighted by Crippen LogP contribution is -1.90. The second-order valence-corrected chi connectivity index (χ2v) is 12.2. The van der Waals surface area contributed by atoms with Crippen LogP contribution in [0.15, 0.2) is 27.0 Å². The Labute approximate surface area is 141 Å². The summed E-state index contributed by atoms with van der Waals surface area (Å²) in [5.74, 6) is 0. The Balaban J connectivity index is 1.47. The molecule has 9 heteroatoms. The van der Waals surface area contributed by atoms with Gasteiger partial charge in [-0.1, -0.05) is 60.4 Å². The van der Waals surface area contributed by atoms with E-state index in [4.69, 9.17) is 0 Å². The van der Waals surface area contributed by atoms with Gasteiger partial charge in [0.1, 0.15) is 10.1 Å². The van der Waals surface area contributed by atoms with Gasteiger partial charge in [-0.05, 0) is 6.42 Å². The lowest BCUT2D eigenvalue weighted by atomic mass is 10.4. The average molecular weight is 381 g/mol. The highest BCUT2D eigenvalue weighted by Gasteiger charge is 2.36. The lowest BCUT2D eigenvalue weighted by molar-refractivity contribution is 0.873. The first-order chi connectivity index (χ1) is 9.33. The molecule has 3 aliphatic heterocycles. The van der Waals surface area contributed by atoms with Crippen LogP contribution in [-0.4, -0.2) is 13.3 Å². The topological polar surface area (TPSA) is 25.8 Å². The van der Waals surface area contributed by atoms with Crippen molar-refractivity contribution in [2.24, 2.45) is 0 Å². The van der Waals surface area contributed by atoms with Crippen molar-refractivity contribution in [3.05, 3.63) is 16.9 Å². The van der Waals surface area contributed by atoms with Crippen molar-refractivity contribution in [3.63, 3.8) is 0 Å². The maximum absolute atomic E-state index is 4.32. The van der Waals surface area contributed by atoms with Gasteiger partial charge < -0.3 is 0 Å². The molecule has 0 amide bonds. The molecule has 0 N–H and O–H groups in total. The molecule has 1 aromatic rings. The molecule has 0 radical (unpaired) electrons. The third-order valence-corrected chi connectivity index (χ3v) is 12.2. The van der Waals surface area contributed by atoms with E-state index in [1.807, 2.05) is 23.5 Å². The number of aromatic nitrogens is 2. The molecule has 0 unspecified atom stereocenters. The van der Waals surface area contributed by atoms with Crippen molar-refractivity contribution < 1.29 is 0 Å². The van der Waals surface area contributed by atoms with E-state index in [9.17, 15) is 0 Å². The van der Waals surface area contributed by atoms with Crippen LogP contribution in [0.4, 0.5) is 0 Å². The number of nitrogens with zero attached hydrogens (tertiary/aromatic N) is 2. The molecule has 4 heterocycles. The predicted octanol–water partition coefficient (Wildman–Crippen LogP) is 6.08. The van der Waals surface area contributed by atoms with Gasteiger partial charge in [-0.25, -0.2) is 0 Å². The van der Waals surface area contributed by atoms with Gasteiger partial charge in [0.05, 0.1) is 33.3 Å². The fourth-order valence-corrected chi connectivity index (χ4v) is 12.2. The zero-order valence-electron chi connectivity index (χ0n) is 9.74. The number of hydrogen-bond acceptors (Lipinski definition) is 9. The molecule has 0 fully saturated rings. The van der Waals surface area contributed by atoms with E-state index in [0.717, 1.165) is 14.6 Å². The van der Waals surface area contributed by atoms with E-state index < -0.39 is 0 Å². The van der Waals surface area contributed by atoms with Gasteiger partial charge in [0.15, 0.2) is 0 Å². The quantitative estimate of drug-likeness (QED) is 0.609. The van der Waals surface area contributed by atoms with E-state index in [1.165, 1.54) is 41.5 Å². The number of rotatable bonds is 2. The molecule has 4 rings (SSSR count). The summed E-state index contributed by atoms with van der Waals surface area (Å²) in [5.41, 5.74) is 0. The Bertz CT molecular complexity index is 548. The summed E-state index contributed by atoms with van der Waals surface area (Å²) in [6.07, 6.45) is 2.58. The van der Waals surface area contributed by atoms with Crippen LogP contribution in [0.5, 0.6) is 0 Å². The summed E-state index contributed by atoms with van der Waals surface area (Å²) in [7, 11) is 0. The summed E-state index contributed by atoms with van der Waals surface area (Å²) < 4.78 is 15.2. The van der Waals surface area contributed by atoms with Crippen LogP contribution >= 0.6 is 82.3 Å². The Morgan fingerprint density at radius 1 is 0.842 bits per heavy atom. The molecule has 0 bridgehead atoms. The van der Waals surface area contributed by atoms with Crippen LogP contribution in [0.1, 0.15) is 19.8 Å². The minimum atomic E-state index is 0.745. The zero-order valence-corrected chi connectivity index (χ0v) is 15.5. The maximum atomic E-state index is 4.32. The second kappa shape index (κ2) is 5.73. The average Bonchev–Trinajstić information content (AvgIpc) is 3.03. The predicted molar refractivity (Wildman–Crippen MR) is 94.7 cm³/mol. The Morgan fingerprint density at radius 2 is 1.42 bits per heavy atom. The van der Waals surface area contributed by atoms with E-state index >= 15 is 0 Å². The van der Waals surface area contributed by atoms with Crippen LogP contribution in [0.3, 0.4) is 0 Å². The molecule has 19 heavy (non-hydrogen) atoms. The smallest absolute Gasteiger partial charge is 0.150 e. The molecule has 100 valence electrons. The van der Waals surface area contributed by atoms with Crippen LogP contribution < -0.4 is 0 Å². The first kappa shape index (κ1) is 13.8. The van der Waals surface area contributed by atoms with Gasteiger partial charge in [-0.2, -0.15) is 8.75 Å². The van der Waals surface area contributed by atoms with Crippen LogP contribution in [0, 0.1) is 0 Å². The molecule has 0 aromatic carbocycles. The van der Waals surface area contributed by atoms with Crippen molar-refractivity contribution in [2.75, 3.05) is 0 Å². The van der Waals surface area contributed by atoms with Crippen LogP contribution in [-0.2, 0) is 0 Å². The van der Waals surface area contributed by atoms with Gasteiger partial charge in [-0.15, -0.1) is 23.5 Å². The highest BCUT2D eigenvalue weighted by molar-refractivity contribution is 8.46. The monoisotopic (exact) mass is 380 g/mol.